The lowest BCUT2D eigenvalue weighted by Gasteiger charge is -2.17. The second-order valence-corrected chi connectivity index (χ2v) is 7.60. The summed E-state index contributed by atoms with van der Waals surface area (Å²) in [6, 6.07) is 21.2. The predicted molar refractivity (Wildman–Crippen MR) is 113 cm³/mol. The highest BCUT2D eigenvalue weighted by atomic mass is 32.1. The quantitative estimate of drug-likeness (QED) is 0.522. The summed E-state index contributed by atoms with van der Waals surface area (Å²) < 4.78 is 1.02. The van der Waals surface area contributed by atoms with E-state index in [0.717, 1.165) is 26.6 Å². The number of anilines is 1. The van der Waals surface area contributed by atoms with Crippen LogP contribution in [0.5, 0.6) is 0 Å². The Hall–Kier alpha value is -3.25. The summed E-state index contributed by atoms with van der Waals surface area (Å²) in [5.41, 5.74) is 1.78. The average Bonchev–Trinajstić information content (AvgIpc) is 3.10. The fourth-order valence-electron chi connectivity index (χ4n) is 3.25. The molecule has 0 aliphatic rings. The number of benzene rings is 3. The van der Waals surface area contributed by atoms with Crippen molar-refractivity contribution in [3.05, 3.63) is 72.3 Å². The van der Waals surface area contributed by atoms with Crippen LogP contribution in [0, 0.1) is 0 Å². The van der Waals surface area contributed by atoms with Crippen LogP contribution in [0.4, 0.5) is 5.13 Å². The molecule has 0 saturated heterocycles. The SMILES string of the molecule is CC(=O)NC(CC(=O)Nc1nc2c(ccc3ccccc32)s1)c1ccccc1. The smallest absolute Gasteiger partial charge is 0.228 e. The van der Waals surface area contributed by atoms with Gasteiger partial charge in [-0.2, -0.15) is 0 Å². The third-order valence-corrected chi connectivity index (χ3v) is 5.43. The standard InChI is InChI=1S/C22H19N3O2S/c1-14(26)23-18(16-8-3-2-4-9-16)13-20(27)24-22-25-21-17-10-6-5-7-15(17)11-12-19(21)28-22/h2-12,18H,13H2,1H3,(H,23,26)(H,24,25,27). The predicted octanol–water partition coefficient (Wildman–Crippen LogP) is 4.66. The van der Waals surface area contributed by atoms with E-state index in [0.29, 0.717) is 5.13 Å². The first kappa shape index (κ1) is 18.1. The summed E-state index contributed by atoms with van der Waals surface area (Å²) in [6.45, 7) is 1.45. The molecule has 0 radical (unpaired) electrons. The van der Waals surface area contributed by atoms with Gasteiger partial charge >= 0.3 is 0 Å². The Bertz CT molecular complexity index is 1150. The molecule has 0 aliphatic carbocycles. The van der Waals surface area contributed by atoms with Crippen molar-refractivity contribution < 1.29 is 9.59 Å². The fraction of sp³-hybridized carbons (Fsp3) is 0.136. The molecule has 3 aromatic carbocycles. The number of hydrogen-bond acceptors (Lipinski definition) is 4. The zero-order chi connectivity index (χ0) is 19.5. The van der Waals surface area contributed by atoms with Gasteiger partial charge in [0.05, 0.1) is 22.7 Å². The number of aromatic nitrogens is 1. The van der Waals surface area contributed by atoms with Crippen LogP contribution in [-0.4, -0.2) is 16.8 Å². The lowest BCUT2D eigenvalue weighted by atomic mass is 10.0. The summed E-state index contributed by atoms with van der Waals surface area (Å²) in [4.78, 5) is 28.8. The summed E-state index contributed by atoms with van der Waals surface area (Å²) in [5.74, 6) is -0.362. The van der Waals surface area contributed by atoms with Crippen LogP contribution in [0.1, 0.15) is 24.9 Å². The molecule has 0 fully saturated rings. The Morgan fingerprint density at radius 2 is 1.75 bits per heavy atom. The maximum Gasteiger partial charge on any atom is 0.228 e. The number of rotatable bonds is 5. The van der Waals surface area contributed by atoms with Gasteiger partial charge in [0.2, 0.25) is 11.8 Å². The third-order valence-electron chi connectivity index (χ3n) is 4.50. The fourth-order valence-corrected chi connectivity index (χ4v) is 4.15. The second-order valence-electron chi connectivity index (χ2n) is 6.57. The van der Waals surface area contributed by atoms with E-state index in [9.17, 15) is 9.59 Å². The minimum Gasteiger partial charge on any atom is -0.349 e. The minimum atomic E-state index is -0.381. The molecule has 6 heteroatoms. The van der Waals surface area contributed by atoms with Crippen LogP contribution < -0.4 is 10.6 Å². The lowest BCUT2D eigenvalue weighted by Crippen LogP contribution is -2.29. The lowest BCUT2D eigenvalue weighted by molar-refractivity contribution is -0.120. The summed E-state index contributed by atoms with van der Waals surface area (Å²) in [7, 11) is 0. The number of nitrogens with one attached hydrogen (secondary N) is 2. The van der Waals surface area contributed by atoms with E-state index >= 15 is 0 Å². The van der Waals surface area contributed by atoms with Crippen LogP contribution >= 0.6 is 11.3 Å². The molecule has 5 nitrogen and oxygen atoms in total. The van der Waals surface area contributed by atoms with Crippen LogP contribution in [0.15, 0.2) is 66.7 Å². The molecule has 28 heavy (non-hydrogen) atoms. The van der Waals surface area contributed by atoms with Crippen LogP contribution in [0.25, 0.3) is 21.0 Å². The van der Waals surface area contributed by atoms with Crippen LogP contribution in [0.3, 0.4) is 0 Å². The van der Waals surface area contributed by atoms with E-state index in [-0.39, 0.29) is 24.3 Å². The Morgan fingerprint density at radius 3 is 2.54 bits per heavy atom. The van der Waals surface area contributed by atoms with Gasteiger partial charge in [-0.05, 0) is 17.0 Å². The molecule has 0 saturated carbocycles. The molecule has 1 unspecified atom stereocenters. The van der Waals surface area contributed by atoms with Gasteiger partial charge in [0.15, 0.2) is 5.13 Å². The Labute approximate surface area is 166 Å². The third kappa shape index (κ3) is 3.87. The zero-order valence-corrected chi connectivity index (χ0v) is 16.1. The van der Waals surface area contributed by atoms with Crippen molar-refractivity contribution in [2.75, 3.05) is 5.32 Å². The van der Waals surface area contributed by atoms with Gasteiger partial charge in [-0.3, -0.25) is 9.59 Å². The summed E-state index contributed by atoms with van der Waals surface area (Å²) >= 11 is 1.45. The number of nitrogens with zero attached hydrogens (tertiary/aromatic N) is 1. The van der Waals surface area contributed by atoms with Crippen molar-refractivity contribution in [1.82, 2.24) is 10.3 Å². The van der Waals surface area contributed by atoms with Crippen molar-refractivity contribution in [3.63, 3.8) is 0 Å². The number of thiazole rings is 1. The molecule has 0 spiro atoms. The van der Waals surface area contributed by atoms with E-state index < -0.39 is 0 Å². The Kier molecular flexibility index (Phi) is 5.04. The average molecular weight is 389 g/mol. The molecule has 4 aromatic rings. The molecule has 0 aliphatic heterocycles. The van der Waals surface area contributed by atoms with Crippen molar-refractivity contribution in [2.45, 2.75) is 19.4 Å². The molecule has 2 amide bonds. The number of hydrogen-bond donors (Lipinski definition) is 2. The summed E-state index contributed by atoms with van der Waals surface area (Å²) in [6.07, 6.45) is 0.139. The van der Waals surface area contributed by atoms with Crippen molar-refractivity contribution in [1.29, 1.82) is 0 Å². The minimum absolute atomic E-state index is 0.139. The van der Waals surface area contributed by atoms with Gasteiger partial charge < -0.3 is 10.6 Å². The summed E-state index contributed by atoms with van der Waals surface area (Å²) in [5, 5.41) is 8.48. The molecule has 1 atom stereocenters. The monoisotopic (exact) mass is 389 g/mol. The molecule has 4 rings (SSSR count). The number of fused-ring (bicyclic) bond motifs is 3. The maximum atomic E-state index is 12.6. The first-order valence-corrected chi connectivity index (χ1v) is 9.82. The molecule has 1 aromatic heterocycles. The van der Waals surface area contributed by atoms with E-state index in [1.165, 1.54) is 18.3 Å². The van der Waals surface area contributed by atoms with Gasteiger partial charge in [-0.1, -0.05) is 72.0 Å². The highest BCUT2D eigenvalue weighted by molar-refractivity contribution is 7.22. The molecular formula is C22H19N3O2S. The second kappa shape index (κ2) is 7.78. The molecule has 140 valence electrons. The molecular weight excluding hydrogens is 370 g/mol. The van der Waals surface area contributed by atoms with Crippen LogP contribution in [0.2, 0.25) is 0 Å². The largest absolute Gasteiger partial charge is 0.349 e. The molecule has 0 bridgehead atoms. The van der Waals surface area contributed by atoms with Gasteiger partial charge in [0.1, 0.15) is 0 Å². The van der Waals surface area contributed by atoms with Crippen molar-refractivity contribution in [2.24, 2.45) is 0 Å². The van der Waals surface area contributed by atoms with E-state index in [4.69, 9.17) is 0 Å². The van der Waals surface area contributed by atoms with E-state index in [1.54, 1.807) is 0 Å². The maximum absolute atomic E-state index is 12.6. The zero-order valence-electron chi connectivity index (χ0n) is 15.3. The van der Waals surface area contributed by atoms with Gasteiger partial charge in [0, 0.05) is 12.3 Å². The van der Waals surface area contributed by atoms with Gasteiger partial charge in [-0.25, -0.2) is 4.98 Å². The number of amides is 2. The van der Waals surface area contributed by atoms with Gasteiger partial charge in [0.25, 0.3) is 0 Å². The van der Waals surface area contributed by atoms with Gasteiger partial charge in [-0.15, -0.1) is 0 Å². The Morgan fingerprint density at radius 1 is 1.00 bits per heavy atom. The van der Waals surface area contributed by atoms with Crippen molar-refractivity contribution >= 4 is 49.3 Å². The molecule has 2 N–H and O–H groups in total. The van der Waals surface area contributed by atoms with E-state index in [1.807, 2.05) is 60.7 Å². The first-order chi connectivity index (χ1) is 13.6. The normalized spacial score (nSPS) is 12.0. The molecule has 1 heterocycles. The highest BCUT2D eigenvalue weighted by Gasteiger charge is 2.18. The van der Waals surface area contributed by atoms with E-state index in [2.05, 4.69) is 21.7 Å². The van der Waals surface area contributed by atoms with Crippen molar-refractivity contribution in [3.8, 4) is 0 Å². The number of carbonyl (C=O) groups is 2. The number of carbonyl (C=O) groups excluding carboxylic acids is 2. The first-order valence-electron chi connectivity index (χ1n) is 9.00. The highest BCUT2D eigenvalue weighted by Crippen LogP contribution is 2.32. The topological polar surface area (TPSA) is 71.1 Å². The Balaban J connectivity index is 1.55. The van der Waals surface area contributed by atoms with Crippen LogP contribution in [-0.2, 0) is 9.59 Å².